The van der Waals surface area contributed by atoms with Gasteiger partial charge in [-0.15, -0.1) is 0 Å². The van der Waals surface area contributed by atoms with Crippen LogP contribution in [0.1, 0.15) is 12.5 Å². The van der Waals surface area contributed by atoms with Gasteiger partial charge in [0.15, 0.2) is 0 Å². The van der Waals surface area contributed by atoms with Gasteiger partial charge >= 0.3 is 13.2 Å². The highest BCUT2D eigenvalue weighted by molar-refractivity contribution is 6.58. The predicted octanol–water partition coefficient (Wildman–Crippen LogP) is 1.53. The van der Waals surface area contributed by atoms with Crippen LogP contribution >= 0.6 is 0 Å². The fourth-order valence-corrected chi connectivity index (χ4v) is 2.04. The van der Waals surface area contributed by atoms with Gasteiger partial charge < -0.3 is 14.8 Å². The van der Waals surface area contributed by atoms with E-state index in [4.69, 9.17) is 14.8 Å². The molecule has 0 fully saturated rings. The maximum absolute atomic E-state index is 12.2. The summed E-state index contributed by atoms with van der Waals surface area (Å²) in [6.07, 6.45) is -0.441. The largest absolute Gasteiger partial charge is 0.488 e. The Hall–Kier alpha value is -2.31. The quantitative estimate of drug-likeness (QED) is 0.822. The van der Waals surface area contributed by atoms with Crippen LogP contribution in [0, 0.1) is 0 Å². The molecule has 0 heterocycles. The number of hydrogen-bond acceptors (Lipinski definition) is 4. The molecule has 6 heteroatoms. The van der Waals surface area contributed by atoms with Crippen molar-refractivity contribution in [3.8, 4) is 0 Å². The summed E-state index contributed by atoms with van der Waals surface area (Å²) in [5, 5.41) is 18.2. The average molecular weight is 299 g/mol. The molecule has 0 bridgehead atoms. The van der Waals surface area contributed by atoms with E-state index in [1.54, 1.807) is 24.3 Å². The number of anilines is 1. The summed E-state index contributed by atoms with van der Waals surface area (Å²) in [6.45, 7) is 2.51. The number of rotatable bonds is 5. The molecule has 114 valence electrons. The lowest BCUT2D eigenvalue weighted by Crippen LogP contribution is -2.33. The molecule has 0 aromatic heterocycles. The van der Waals surface area contributed by atoms with Crippen LogP contribution in [0.5, 0.6) is 0 Å². The number of carbonyl (C=O) groups excluding carboxylic acids is 1. The van der Waals surface area contributed by atoms with Crippen LogP contribution < -0.4 is 10.4 Å². The van der Waals surface area contributed by atoms with Crippen molar-refractivity contribution >= 4 is 24.4 Å². The molecular formula is C16H18BNO4. The van der Waals surface area contributed by atoms with Crippen LogP contribution in [0.4, 0.5) is 10.5 Å². The Balaban J connectivity index is 2.02. The highest BCUT2D eigenvalue weighted by Crippen LogP contribution is 2.14. The van der Waals surface area contributed by atoms with E-state index in [2.05, 4.69) is 0 Å². The molecule has 1 amide bonds. The zero-order valence-corrected chi connectivity index (χ0v) is 12.3. The summed E-state index contributed by atoms with van der Waals surface area (Å²) < 4.78 is 5.30. The highest BCUT2D eigenvalue weighted by Gasteiger charge is 2.17. The molecule has 0 atom stereocenters. The van der Waals surface area contributed by atoms with Gasteiger partial charge in [-0.25, -0.2) is 4.79 Å². The minimum atomic E-state index is -1.52. The maximum atomic E-state index is 12.2. The van der Waals surface area contributed by atoms with Crippen molar-refractivity contribution in [1.29, 1.82) is 0 Å². The Bertz CT molecular complexity index is 601. The first-order valence-corrected chi connectivity index (χ1v) is 7.06. The van der Waals surface area contributed by atoms with Gasteiger partial charge in [-0.1, -0.05) is 42.5 Å². The minimum absolute atomic E-state index is 0.212. The Labute approximate surface area is 129 Å². The first-order valence-electron chi connectivity index (χ1n) is 7.06. The zero-order valence-electron chi connectivity index (χ0n) is 12.3. The van der Waals surface area contributed by atoms with Crippen molar-refractivity contribution in [3.05, 3.63) is 60.2 Å². The van der Waals surface area contributed by atoms with Crippen LogP contribution in [-0.2, 0) is 11.3 Å². The molecule has 0 saturated carbocycles. The summed E-state index contributed by atoms with van der Waals surface area (Å²) in [7, 11) is -1.52. The summed E-state index contributed by atoms with van der Waals surface area (Å²) in [5.41, 5.74) is 1.94. The van der Waals surface area contributed by atoms with Gasteiger partial charge in [-0.05, 0) is 30.1 Å². The number of hydrogen-bond donors (Lipinski definition) is 2. The number of ether oxygens (including phenoxy) is 1. The van der Waals surface area contributed by atoms with E-state index in [1.165, 1.54) is 4.90 Å². The molecule has 0 radical (unpaired) electrons. The van der Waals surface area contributed by atoms with E-state index in [0.717, 1.165) is 5.56 Å². The number of amides is 1. The monoisotopic (exact) mass is 299 g/mol. The van der Waals surface area contributed by atoms with E-state index in [-0.39, 0.29) is 6.61 Å². The second-order valence-corrected chi connectivity index (χ2v) is 4.75. The molecule has 0 aliphatic rings. The van der Waals surface area contributed by atoms with Gasteiger partial charge in [0.1, 0.15) is 6.61 Å². The third-order valence-corrected chi connectivity index (χ3v) is 3.24. The summed E-state index contributed by atoms with van der Waals surface area (Å²) in [5.74, 6) is 0. The topological polar surface area (TPSA) is 70.0 Å². The first kappa shape index (κ1) is 16.1. The minimum Gasteiger partial charge on any atom is -0.444 e. The molecule has 0 aliphatic carbocycles. The van der Waals surface area contributed by atoms with Crippen molar-refractivity contribution in [2.45, 2.75) is 13.5 Å². The fourth-order valence-electron chi connectivity index (χ4n) is 2.04. The van der Waals surface area contributed by atoms with Crippen LogP contribution in [0.2, 0.25) is 0 Å². The zero-order chi connectivity index (χ0) is 15.9. The normalized spacial score (nSPS) is 10.1. The Morgan fingerprint density at radius 1 is 1.09 bits per heavy atom. The molecule has 2 rings (SSSR count). The lowest BCUT2D eigenvalue weighted by atomic mass is 9.80. The summed E-state index contributed by atoms with van der Waals surface area (Å²) >= 11 is 0. The van der Waals surface area contributed by atoms with Crippen molar-refractivity contribution in [1.82, 2.24) is 0 Å². The third-order valence-electron chi connectivity index (χ3n) is 3.24. The third kappa shape index (κ3) is 4.10. The van der Waals surface area contributed by atoms with Crippen LogP contribution in [0.25, 0.3) is 0 Å². The standard InChI is InChI=1S/C16H18BNO4/c1-2-18(15-10-8-14(9-11-15)17(20)21)16(19)22-12-13-6-4-3-5-7-13/h3-11,20-21H,2,12H2,1H3. The molecule has 0 aliphatic heterocycles. The van der Waals surface area contributed by atoms with Gasteiger partial charge in [-0.3, -0.25) is 4.90 Å². The molecule has 5 nitrogen and oxygen atoms in total. The molecule has 2 aromatic rings. The van der Waals surface area contributed by atoms with Crippen LogP contribution in [-0.4, -0.2) is 29.8 Å². The molecule has 22 heavy (non-hydrogen) atoms. The fraction of sp³-hybridized carbons (Fsp3) is 0.188. The Kier molecular flexibility index (Phi) is 5.58. The van der Waals surface area contributed by atoms with Gasteiger partial charge in [0.25, 0.3) is 0 Å². The molecule has 2 aromatic carbocycles. The molecular weight excluding hydrogens is 281 g/mol. The van der Waals surface area contributed by atoms with E-state index in [1.807, 2.05) is 37.3 Å². The van der Waals surface area contributed by atoms with E-state index in [9.17, 15) is 4.79 Å². The SMILES string of the molecule is CCN(C(=O)OCc1ccccc1)c1ccc(B(O)O)cc1. The first-order chi connectivity index (χ1) is 10.6. The van der Waals surface area contributed by atoms with Gasteiger partial charge in [0.2, 0.25) is 0 Å². The molecule has 2 N–H and O–H groups in total. The van der Waals surface area contributed by atoms with Crippen LogP contribution in [0.15, 0.2) is 54.6 Å². The number of carbonyl (C=O) groups is 1. The second-order valence-electron chi connectivity index (χ2n) is 4.75. The van der Waals surface area contributed by atoms with Crippen molar-refractivity contribution in [2.24, 2.45) is 0 Å². The van der Waals surface area contributed by atoms with Gasteiger partial charge in [0, 0.05) is 12.2 Å². The number of benzene rings is 2. The van der Waals surface area contributed by atoms with Crippen LogP contribution in [0.3, 0.4) is 0 Å². The average Bonchev–Trinajstić information content (AvgIpc) is 2.55. The van der Waals surface area contributed by atoms with Crippen molar-refractivity contribution in [3.63, 3.8) is 0 Å². The van der Waals surface area contributed by atoms with Gasteiger partial charge in [-0.2, -0.15) is 0 Å². The Morgan fingerprint density at radius 2 is 1.73 bits per heavy atom. The van der Waals surface area contributed by atoms with E-state index >= 15 is 0 Å². The maximum Gasteiger partial charge on any atom is 0.488 e. The highest BCUT2D eigenvalue weighted by atomic mass is 16.6. The predicted molar refractivity (Wildman–Crippen MR) is 85.9 cm³/mol. The summed E-state index contributed by atoms with van der Waals surface area (Å²) in [6, 6.07) is 15.9. The van der Waals surface area contributed by atoms with E-state index in [0.29, 0.717) is 17.7 Å². The van der Waals surface area contributed by atoms with Crippen molar-refractivity contribution < 1.29 is 19.6 Å². The Morgan fingerprint density at radius 3 is 2.27 bits per heavy atom. The second kappa shape index (κ2) is 7.63. The molecule has 0 unspecified atom stereocenters. The molecule has 0 spiro atoms. The van der Waals surface area contributed by atoms with Crippen molar-refractivity contribution in [2.75, 3.05) is 11.4 Å². The van der Waals surface area contributed by atoms with Gasteiger partial charge in [0.05, 0.1) is 0 Å². The lowest BCUT2D eigenvalue weighted by Gasteiger charge is -2.20. The smallest absolute Gasteiger partial charge is 0.444 e. The molecule has 0 saturated heterocycles. The lowest BCUT2D eigenvalue weighted by molar-refractivity contribution is 0.147. The summed E-state index contributed by atoms with van der Waals surface area (Å²) in [4.78, 5) is 13.7. The number of nitrogens with zero attached hydrogens (tertiary/aromatic N) is 1. The van der Waals surface area contributed by atoms with E-state index < -0.39 is 13.2 Å².